The van der Waals surface area contributed by atoms with Gasteiger partial charge >= 0.3 is 0 Å². The monoisotopic (exact) mass is 450 g/mol. The number of halogens is 1. The van der Waals surface area contributed by atoms with E-state index in [1.807, 2.05) is 24.3 Å². The molecule has 0 radical (unpaired) electrons. The highest BCUT2D eigenvalue weighted by molar-refractivity contribution is 6.17. The summed E-state index contributed by atoms with van der Waals surface area (Å²) in [6, 6.07) is 13.3. The molecule has 0 saturated carbocycles. The SMILES string of the molecule is COc1ccc(C2=NOC3C4COC(O4)/C(=N\NC(=O)c4cc5cc(F)ccc5[nH]4)C23)cc1. The number of hydrogen-bond acceptors (Lipinski definition) is 7. The normalized spacial score (nSPS) is 26.7. The topological polar surface area (TPSA) is 107 Å². The Hall–Kier alpha value is -3.76. The Kier molecular flexibility index (Phi) is 4.63. The maximum Gasteiger partial charge on any atom is 0.287 e. The molecule has 2 fully saturated rings. The minimum atomic E-state index is -0.710. The van der Waals surface area contributed by atoms with Crippen molar-refractivity contribution in [2.45, 2.75) is 18.5 Å². The molecule has 1 amide bonds. The number of carbonyl (C=O) groups excluding carboxylic acids is 1. The number of hydrogen-bond donors (Lipinski definition) is 2. The summed E-state index contributed by atoms with van der Waals surface area (Å²) in [4.78, 5) is 21.4. The molecule has 0 spiro atoms. The van der Waals surface area contributed by atoms with Crippen LogP contribution in [0.4, 0.5) is 4.39 Å². The molecule has 2 saturated heterocycles. The first-order chi connectivity index (χ1) is 16.1. The van der Waals surface area contributed by atoms with Crippen LogP contribution in [0.25, 0.3) is 10.9 Å². The van der Waals surface area contributed by atoms with Crippen LogP contribution in [0.3, 0.4) is 0 Å². The average Bonchev–Trinajstić information content (AvgIpc) is 3.56. The van der Waals surface area contributed by atoms with Crippen LogP contribution in [0.1, 0.15) is 16.1 Å². The van der Waals surface area contributed by atoms with Crippen molar-refractivity contribution >= 4 is 28.2 Å². The first-order valence-corrected chi connectivity index (χ1v) is 10.4. The fourth-order valence-corrected chi connectivity index (χ4v) is 4.39. The van der Waals surface area contributed by atoms with Gasteiger partial charge in [-0.05, 0) is 48.5 Å². The molecule has 3 aliphatic heterocycles. The van der Waals surface area contributed by atoms with Crippen LogP contribution < -0.4 is 10.2 Å². The molecule has 2 N–H and O–H groups in total. The quantitative estimate of drug-likeness (QED) is 0.595. The van der Waals surface area contributed by atoms with Crippen molar-refractivity contribution in [3.05, 3.63) is 65.6 Å². The number of fused-ring (bicyclic) bond motifs is 5. The second-order valence-corrected chi connectivity index (χ2v) is 7.98. The van der Waals surface area contributed by atoms with Gasteiger partial charge in [-0.25, -0.2) is 9.82 Å². The molecule has 9 nitrogen and oxygen atoms in total. The molecule has 6 rings (SSSR count). The number of H-pyrrole nitrogens is 1. The van der Waals surface area contributed by atoms with Gasteiger partial charge in [-0.15, -0.1) is 0 Å². The molecule has 0 aliphatic carbocycles. The Balaban J connectivity index is 1.29. The van der Waals surface area contributed by atoms with Crippen molar-refractivity contribution in [2.75, 3.05) is 13.7 Å². The maximum atomic E-state index is 13.5. The van der Waals surface area contributed by atoms with Gasteiger partial charge in [0.05, 0.1) is 25.3 Å². The lowest BCUT2D eigenvalue weighted by atomic mass is 9.84. The number of carbonyl (C=O) groups is 1. The lowest BCUT2D eigenvalue weighted by Gasteiger charge is -2.30. The smallest absolute Gasteiger partial charge is 0.287 e. The van der Waals surface area contributed by atoms with E-state index in [1.165, 1.54) is 12.1 Å². The number of benzene rings is 2. The number of ether oxygens (including phenoxy) is 3. The summed E-state index contributed by atoms with van der Waals surface area (Å²) in [5.41, 5.74) is 5.46. The number of aromatic amines is 1. The highest BCUT2D eigenvalue weighted by Gasteiger charge is 2.55. The zero-order valence-corrected chi connectivity index (χ0v) is 17.4. The molecule has 3 aliphatic rings. The van der Waals surface area contributed by atoms with Crippen LogP contribution in [-0.2, 0) is 14.3 Å². The zero-order valence-electron chi connectivity index (χ0n) is 17.4. The molecule has 1 aromatic heterocycles. The van der Waals surface area contributed by atoms with Gasteiger partial charge in [0.1, 0.15) is 29.1 Å². The predicted octanol–water partition coefficient (Wildman–Crippen LogP) is 2.58. The first-order valence-electron chi connectivity index (χ1n) is 10.4. The molecule has 168 valence electrons. The van der Waals surface area contributed by atoms with Crippen LogP contribution in [0, 0.1) is 11.7 Å². The van der Waals surface area contributed by atoms with E-state index >= 15 is 0 Å². The van der Waals surface area contributed by atoms with Crippen molar-refractivity contribution in [3.8, 4) is 5.75 Å². The fourth-order valence-electron chi connectivity index (χ4n) is 4.39. The number of oxime groups is 1. The molecule has 4 atom stereocenters. The Morgan fingerprint density at radius 1 is 1.24 bits per heavy atom. The third kappa shape index (κ3) is 3.35. The van der Waals surface area contributed by atoms with Crippen LogP contribution >= 0.6 is 0 Å². The third-order valence-corrected chi connectivity index (χ3v) is 6.03. The number of hydrazone groups is 1. The van der Waals surface area contributed by atoms with Gasteiger partial charge in [0, 0.05) is 16.5 Å². The largest absolute Gasteiger partial charge is 0.497 e. The van der Waals surface area contributed by atoms with E-state index in [-0.39, 0.29) is 23.5 Å². The Labute approximate surface area is 187 Å². The van der Waals surface area contributed by atoms with Gasteiger partial charge in [0.25, 0.3) is 5.91 Å². The van der Waals surface area contributed by atoms with Crippen LogP contribution in [0.15, 0.2) is 58.8 Å². The summed E-state index contributed by atoms with van der Waals surface area (Å²) in [7, 11) is 1.60. The number of nitrogens with one attached hydrogen (secondary N) is 2. The van der Waals surface area contributed by atoms with Crippen molar-refractivity contribution in [1.82, 2.24) is 10.4 Å². The van der Waals surface area contributed by atoms with E-state index in [2.05, 4.69) is 20.7 Å². The number of nitrogens with zero attached hydrogens (tertiary/aromatic N) is 2. The van der Waals surface area contributed by atoms with Gasteiger partial charge in [-0.2, -0.15) is 5.10 Å². The standard InChI is InChI=1S/C23H19FN4O5/c1-30-14-5-2-11(3-6-14)19-18-20(23-31-10-17(32-23)21(18)33-28-19)26-27-22(29)16-9-12-8-13(24)4-7-15(12)25-16/h2-9,17-18,21,23,25H,10H2,1H3,(H,27,29)/b26-20-. The van der Waals surface area contributed by atoms with E-state index in [9.17, 15) is 9.18 Å². The van der Waals surface area contributed by atoms with E-state index < -0.39 is 18.3 Å². The Morgan fingerprint density at radius 3 is 2.91 bits per heavy atom. The molecule has 4 heterocycles. The van der Waals surface area contributed by atoms with E-state index in [4.69, 9.17) is 19.0 Å². The maximum absolute atomic E-state index is 13.5. The molecular weight excluding hydrogens is 431 g/mol. The molecule has 4 unspecified atom stereocenters. The summed E-state index contributed by atoms with van der Waals surface area (Å²) < 4.78 is 30.3. The van der Waals surface area contributed by atoms with Crippen molar-refractivity contribution in [2.24, 2.45) is 16.2 Å². The summed E-state index contributed by atoms with van der Waals surface area (Å²) in [5, 5.41) is 9.26. The van der Waals surface area contributed by atoms with E-state index in [1.54, 1.807) is 19.2 Å². The molecule has 10 heteroatoms. The minimum Gasteiger partial charge on any atom is -0.497 e. The number of rotatable bonds is 4. The van der Waals surface area contributed by atoms with Crippen molar-refractivity contribution < 1.29 is 28.2 Å². The lowest BCUT2D eigenvalue weighted by molar-refractivity contribution is -0.0812. The first kappa shape index (κ1) is 19.9. The fraction of sp³-hybridized carbons (Fsp3) is 0.261. The summed E-state index contributed by atoms with van der Waals surface area (Å²) in [6.45, 7) is 0.345. The second-order valence-electron chi connectivity index (χ2n) is 7.98. The Morgan fingerprint density at radius 2 is 2.09 bits per heavy atom. The summed E-state index contributed by atoms with van der Waals surface area (Å²) >= 11 is 0. The number of methoxy groups -OCH3 is 1. The minimum absolute atomic E-state index is 0.255. The second kappa shape index (κ2) is 7.68. The van der Waals surface area contributed by atoms with Crippen molar-refractivity contribution in [3.63, 3.8) is 0 Å². The molecule has 2 aromatic carbocycles. The van der Waals surface area contributed by atoms with E-state index in [0.717, 1.165) is 11.3 Å². The highest BCUT2D eigenvalue weighted by atomic mass is 19.1. The van der Waals surface area contributed by atoms with Crippen LogP contribution in [0.5, 0.6) is 5.75 Å². The summed E-state index contributed by atoms with van der Waals surface area (Å²) in [6.07, 6.45) is -1.40. The molecule has 2 bridgehead atoms. The molecule has 3 aromatic rings. The third-order valence-electron chi connectivity index (χ3n) is 6.03. The summed E-state index contributed by atoms with van der Waals surface area (Å²) in [5.74, 6) is -0.470. The number of aromatic nitrogens is 1. The zero-order chi connectivity index (χ0) is 22.5. The van der Waals surface area contributed by atoms with Gasteiger partial charge in [-0.1, -0.05) is 5.16 Å². The van der Waals surface area contributed by atoms with Gasteiger partial charge < -0.3 is 24.0 Å². The lowest BCUT2D eigenvalue weighted by Crippen LogP contribution is -2.49. The van der Waals surface area contributed by atoms with Gasteiger partial charge in [0.15, 0.2) is 12.4 Å². The molecule has 33 heavy (non-hydrogen) atoms. The van der Waals surface area contributed by atoms with Gasteiger partial charge in [0.2, 0.25) is 0 Å². The Bertz CT molecular complexity index is 1300. The number of amides is 1. The van der Waals surface area contributed by atoms with Crippen LogP contribution in [-0.4, -0.2) is 54.5 Å². The van der Waals surface area contributed by atoms with Crippen molar-refractivity contribution in [1.29, 1.82) is 0 Å². The predicted molar refractivity (Wildman–Crippen MR) is 116 cm³/mol. The highest BCUT2D eigenvalue weighted by Crippen LogP contribution is 2.38. The van der Waals surface area contributed by atoms with E-state index in [0.29, 0.717) is 28.9 Å². The average molecular weight is 450 g/mol. The molecular formula is C23H19FN4O5. The van der Waals surface area contributed by atoms with Crippen LogP contribution in [0.2, 0.25) is 0 Å². The van der Waals surface area contributed by atoms with Gasteiger partial charge in [-0.3, -0.25) is 4.79 Å².